The molecule has 146 valence electrons. The number of nitrogens with zero attached hydrogens (tertiary/aromatic N) is 5. The van der Waals surface area contributed by atoms with Gasteiger partial charge in [-0.05, 0) is 19.1 Å². The molecule has 2 amide bonds. The molecule has 9 nitrogen and oxygen atoms in total. The first-order valence-corrected chi connectivity index (χ1v) is 8.66. The third-order valence-electron chi connectivity index (χ3n) is 4.29. The van der Waals surface area contributed by atoms with Gasteiger partial charge in [-0.15, -0.1) is 0 Å². The van der Waals surface area contributed by atoms with Crippen LogP contribution in [-0.2, 0) is 9.53 Å². The van der Waals surface area contributed by atoms with Crippen LogP contribution in [0.3, 0.4) is 0 Å². The number of aromatic nitrogens is 3. The van der Waals surface area contributed by atoms with E-state index in [-0.39, 0.29) is 27.0 Å². The first-order valence-electron chi connectivity index (χ1n) is 8.66. The van der Waals surface area contributed by atoms with E-state index in [4.69, 9.17) is 4.74 Å². The van der Waals surface area contributed by atoms with Crippen LogP contribution in [-0.4, -0.2) is 71.6 Å². The van der Waals surface area contributed by atoms with Crippen LogP contribution in [0.15, 0.2) is 30.6 Å². The molecule has 0 aromatic carbocycles. The van der Waals surface area contributed by atoms with Gasteiger partial charge < -0.3 is 19.9 Å². The third-order valence-corrected chi connectivity index (χ3v) is 4.29. The maximum absolute atomic E-state index is 12.5. The smallest absolute Gasteiger partial charge is 0.277 e. The second-order valence-electron chi connectivity index (χ2n) is 6.13. The molecular formula is C18H26N6O3. The van der Waals surface area contributed by atoms with Gasteiger partial charge in [0.05, 0.1) is 11.9 Å². The monoisotopic (exact) mass is 374 g/mol. The van der Waals surface area contributed by atoms with Gasteiger partial charge in [0, 0.05) is 42.3 Å². The number of methoxy groups -OCH3 is 1. The lowest BCUT2D eigenvalue weighted by Gasteiger charge is -2.35. The number of carbonyl (C=O) groups is 2. The molecule has 1 N–H and O–H groups in total. The van der Waals surface area contributed by atoms with E-state index in [9.17, 15) is 9.59 Å². The highest BCUT2D eigenvalue weighted by molar-refractivity contribution is 6.03. The SMILES string of the molecule is COCC(=O)N1CCN(c2cnc(C)c(C(=O)Nc3ccccn3)n2)CC1.[HH].[HH]. The number of carbonyl (C=O) groups excluding carboxylic acids is 2. The van der Waals surface area contributed by atoms with Crippen LogP contribution in [0.5, 0.6) is 0 Å². The molecule has 1 fully saturated rings. The van der Waals surface area contributed by atoms with E-state index in [2.05, 4.69) is 20.3 Å². The first-order chi connectivity index (χ1) is 13.1. The fourth-order valence-electron chi connectivity index (χ4n) is 2.82. The fraction of sp³-hybridized carbons (Fsp3) is 0.389. The normalized spacial score (nSPS) is 14.1. The van der Waals surface area contributed by atoms with E-state index < -0.39 is 0 Å². The van der Waals surface area contributed by atoms with Crippen LogP contribution in [0.2, 0.25) is 0 Å². The molecule has 1 saturated heterocycles. The molecule has 3 heterocycles. The largest absolute Gasteiger partial charge is 0.375 e. The van der Waals surface area contributed by atoms with Gasteiger partial charge in [-0.1, -0.05) is 6.07 Å². The maximum Gasteiger partial charge on any atom is 0.277 e. The maximum atomic E-state index is 12.5. The van der Waals surface area contributed by atoms with Crippen molar-refractivity contribution in [3.8, 4) is 0 Å². The molecule has 27 heavy (non-hydrogen) atoms. The van der Waals surface area contributed by atoms with Crippen molar-refractivity contribution in [3.05, 3.63) is 42.0 Å². The van der Waals surface area contributed by atoms with Crippen molar-refractivity contribution in [3.63, 3.8) is 0 Å². The Balaban J connectivity index is 0.00000210. The molecule has 0 unspecified atom stereocenters. The molecule has 1 aliphatic rings. The molecule has 1 aliphatic heterocycles. The van der Waals surface area contributed by atoms with E-state index in [1.54, 1.807) is 42.4 Å². The highest BCUT2D eigenvalue weighted by Crippen LogP contribution is 2.16. The summed E-state index contributed by atoms with van der Waals surface area (Å²) >= 11 is 0. The Kier molecular flexibility index (Phi) is 5.92. The number of nitrogens with one attached hydrogen (secondary N) is 1. The minimum atomic E-state index is -0.352. The number of anilines is 2. The molecule has 2 aromatic heterocycles. The summed E-state index contributed by atoms with van der Waals surface area (Å²) in [5.74, 6) is 0.696. The van der Waals surface area contributed by atoms with Crippen molar-refractivity contribution in [2.45, 2.75) is 6.92 Å². The van der Waals surface area contributed by atoms with Gasteiger partial charge in [0.1, 0.15) is 18.2 Å². The van der Waals surface area contributed by atoms with Gasteiger partial charge in [-0.25, -0.2) is 9.97 Å². The number of ether oxygens (including phenoxy) is 1. The highest BCUT2D eigenvalue weighted by Gasteiger charge is 2.23. The van der Waals surface area contributed by atoms with Gasteiger partial charge in [0.25, 0.3) is 5.91 Å². The Morgan fingerprint density at radius 2 is 2.00 bits per heavy atom. The Bertz CT molecular complexity index is 816. The second-order valence-corrected chi connectivity index (χ2v) is 6.13. The fourth-order valence-corrected chi connectivity index (χ4v) is 2.82. The summed E-state index contributed by atoms with van der Waals surface area (Å²) in [5.41, 5.74) is 0.803. The number of pyridine rings is 1. The minimum absolute atomic E-state index is 0. The van der Waals surface area contributed by atoms with Crippen molar-refractivity contribution in [2.24, 2.45) is 0 Å². The number of hydrogen-bond acceptors (Lipinski definition) is 7. The van der Waals surface area contributed by atoms with E-state index >= 15 is 0 Å². The number of rotatable bonds is 5. The Morgan fingerprint density at radius 3 is 2.67 bits per heavy atom. The lowest BCUT2D eigenvalue weighted by molar-refractivity contribution is -0.135. The lowest BCUT2D eigenvalue weighted by Crippen LogP contribution is -2.50. The summed E-state index contributed by atoms with van der Waals surface area (Å²) in [6, 6.07) is 5.28. The lowest BCUT2D eigenvalue weighted by atomic mass is 10.2. The molecule has 0 atom stereocenters. The molecule has 0 spiro atoms. The summed E-state index contributed by atoms with van der Waals surface area (Å²) in [5, 5.41) is 2.73. The molecule has 0 saturated carbocycles. The van der Waals surface area contributed by atoms with Crippen LogP contribution in [0.4, 0.5) is 11.6 Å². The zero-order chi connectivity index (χ0) is 19.2. The van der Waals surface area contributed by atoms with Gasteiger partial charge >= 0.3 is 0 Å². The number of hydrogen-bond donors (Lipinski definition) is 1. The first kappa shape index (κ1) is 18.7. The third kappa shape index (κ3) is 4.56. The van der Waals surface area contributed by atoms with Crippen LogP contribution >= 0.6 is 0 Å². The standard InChI is InChI=1S/C18H22N6O3.2H2/c1-13-17(18(26)21-14-5-3-4-6-19-14)22-15(11-20-13)23-7-9-24(10-8-23)16(25)12-27-2;;/h3-6,11H,7-10,12H2,1-2H3,(H,19,21,26);2*1H. The van der Waals surface area contributed by atoms with E-state index in [1.807, 2.05) is 4.90 Å². The minimum Gasteiger partial charge on any atom is -0.375 e. The Labute approximate surface area is 160 Å². The predicted octanol–water partition coefficient (Wildman–Crippen LogP) is 1.22. The molecule has 3 rings (SSSR count). The van der Waals surface area contributed by atoms with Gasteiger partial charge in [0.2, 0.25) is 5.91 Å². The zero-order valence-corrected chi connectivity index (χ0v) is 15.4. The average molecular weight is 374 g/mol. The average Bonchev–Trinajstić information content (AvgIpc) is 2.69. The van der Waals surface area contributed by atoms with Crippen molar-refractivity contribution >= 4 is 23.5 Å². The number of aryl methyl sites for hydroxylation is 1. The van der Waals surface area contributed by atoms with Gasteiger partial charge in [-0.3, -0.25) is 14.6 Å². The summed E-state index contributed by atoms with van der Waals surface area (Å²) < 4.78 is 4.90. The zero-order valence-electron chi connectivity index (χ0n) is 15.4. The van der Waals surface area contributed by atoms with Gasteiger partial charge in [0.15, 0.2) is 5.69 Å². The second kappa shape index (κ2) is 8.54. The van der Waals surface area contributed by atoms with E-state index in [1.165, 1.54) is 7.11 Å². The summed E-state index contributed by atoms with van der Waals surface area (Å²) in [6.45, 7) is 4.22. The molecular weight excluding hydrogens is 348 g/mol. The topological polar surface area (TPSA) is 101 Å². The molecule has 0 aliphatic carbocycles. The van der Waals surface area contributed by atoms with Gasteiger partial charge in [-0.2, -0.15) is 0 Å². The Morgan fingerprint density at radius 1 is 1.22 bits per heavy atom. The van der Waals surface area contributed by atoms with Crippen molar-refractivity contribution in [1.29, 1.82) is 0 Å². The van der Waals surface area contributed by atoms with E-state index in [0.717, 1.165) is 0 Å². The quantitative estimate of drug-likeness (QED) is 0.840. The number of amides is 2. The van der Waals surface area contributed by atoms with Crippen molar-refractivity contribution < 1.29 is 17.2 Å². The van der Waals surface area contributed by atoms with Crippen LogP contribution in [0.25, 0.3) is 0 Å². The van der Waals surface area contributed by atoms with Crippen LogP contribution in [0, 0.1) is 6.92 Å². The predicted molar refractivity (Wildman–Crippen MR) is 104 cm³/mol. The molecule has 9 heteroatoms. The molecule has 0 bridgehead atoms. The van der Waals surface area contributed by atoms with E-state index in [0.29, 0.717) is 43.5 Å². The van der Waals surface area contributed by atoms with Crippen molar-refractivity contribution in [2.75, 3.05) is 50.1 Å². The molecule has 2 aromatic rings. The summed E-state index contributed by atoms with van der Waals surface area (Å²) in [4.78, 5) is 41.1. The number of piperazine rings is 1. The van der Waals surface area contributed by atoms with Crippen molar-refractivity contribution in [1.82, 2.24) is 19.9 Å². The summed E-state index contributed by atoms with van der Waals surface area (Å²) in [6.07, 6.45) is 3.26. The Hall–Kier alpha value is -3.07. The van der Waals surface area contributed by atoms with Crippen LogP contribution in [0.1, 0.15) is 19.0 Å². The summed E-state index contributed by atoms with van der Waals surface area (Å²) in [7, 11) is 1.51. The molecule has 0 radical (unpaired) electrons. The highest BCUT2D eigenvalue weighted by atomic mass is 16.5. The van der Waals surface area contributed by atoms with Crippen LogP contribution < -0.4 is 10.2 Å².